The molecule has 0 unspecified atom stereocenters. The van der Waals surface area contributed by atoms with Crippen molar-refractivity contribution in [1.29, 1.82) is 0 Å². The second-order valence-corrected chi connectivity index (χ2v) is 2.46. The van der Waals surface area contributed by atoms with E-state index in [1.54, 1.807) is 0 Å². The van der Waals surface area contributed by atoms with Gasteiger partial charge in [-0.25, -0.2) is 0 Å². The summed E-state index contributed by atoms with van der Waals surface area (Å²) in [5.74, 6) is -0.382. The molecule has 1 fully saturated rings. The molecule has 0 saturated heterocycles. The van der Waals surface area contributed by atoms with E-state index in [1.165, 1.54) is 0 Å². The van der Waals surface area contributed by atoms with Crippen molar-refractivity contribution in [3.8, 4) is 0 Å². The number of rotatable bonds is 3. The van der Waals surface area contributed by atoms with Crippen LogP contribution in [0.25, 0.3) is 0 Å². The lowest BCUT2D eigenvalue weighted by atomic mass is 10.4. The highest BCUT2D eigenvalue weighted by Gasteiger charge is 2.29. The van der Waals surface area contributed by atoms with Crippen molar-refractivity contribution < 1.29 is 9.59 Å². The largest absolute Gasteiger partial charge is 0.368 e. The van der Waals surface area contributed by atoms with Crippen molar-refractivity contribution in [3.63, 3.8) is 0 Å². The summed E-state index contributed by atoms with van der Waals surface area (Å²) >= 11 is 0. The summed E-state index contributed by atoms with van der Waals surface area (Å²) < 4.78 is 0. The summed E-state index contributed by atoms with van der Waals surface area (Å²) in [7, 11) is 0. The van der Waals surface area contributed by atoms with Gasteiger partial charge in [0, 0.05) is 5.92 Å². The lowest BCUT2D eigenvalue weighted by Crippen LogP contribution is -2.34. The molecule has 4 nitrogen and oxygen atoms in total. The summed E-state index contributed by atoms with van der Waals surface area (Å²) in [6, 6.07) is 0. The fraction of sp³-hybridized carbons (Fsp3) is 0.667. The number of nitrogens with two attached hydrogens (primary N) is 1. The Bertz CT molecular complexity index is 163. The number of nitrogens with one attached hydrogen (secondary N) is 1. The molecule has 0 atom stereocenters. The molecule has 1 aliphatic rings. The zero-order valence-electron chi connectivity index (χ0n) is 5.59. The van der Waals surface area contributed by atoms with Gasteiger partial charge < -0.3 is 11.1 Å². The third-order valence-corrected chi connectivity index (χ3v) is 1.38. The van der Waals surface area contributed by atoms with Gasteiger partial charge in [-0.05, 0) is 12.8 Å². The Morgan fingerprint density at radius 2 is 2.10 bits per heavy atom. The topological polar surface area (TPSA) is 72.2 Å². The molecular weight excluding hydrogens is 132 g/mol. The SMILES string of the molecule is NC(=O)CNC(=O)C1CC1. The van der Waals surface area contributed by atoms with Crippen LogP contribution in [0.3, 0.4) is 0 Å². The molecule has 10 heavy (non-hydrogen) atoms. The minimum atomic E-state index is -0.492. The Morgan fingerprint density at radius 1 is 1.50 bits per heavy atom. The fourth-order valence-electron chi connectivity index (χ4n) is 0.664. The second kappa shape index (κ2) is 2.68. The summed E-state index contributed by atoms with van der Waals surface area (Å²) in [5.41, 5.74) is 4.81. The maximum Gasteiger partial charge on any atom is 0.236 e. The summed E-state index contributed by atoms with van der Waals surface area (Å²) in [6.45, 7) is -0.0324. The molecule has 0 spiro atoms. The van der Waals surface area contributed by atoms with Crippen molar-refractivity contribution in [2.24, 2.45) is 11.7 Å². The van der Waals surface area contributed by atoms with E-state index in [1.807, 2.05) is 0 Å². The molecule has 1 aliphatic carbocycles. The Morgan fingerprint density at radius 3 is 2.50 bits per heavy atom. The molecule has 0 aromatic heterocycles. The number of hydrogen-bond acceptors (Lipinski definition) is 2. The molecule has 1 rings (SSSR count). The van der Waals surface area contributed by atoms with E-state index in [2.05, 4.69) is 5.32 Å². The normalized spacial score (nSPS) is 16.4. The van der Waals surface area contributed by atoms with Crippen LogP contribution in [0.1, 0.15) is 12.8 Å². The quantitative estimate of drug-likeness (QED) is 0.530. The van der Waals surface area contributed by atoms with Crippen molar-refractivity contribution in [1.82, 2.24) is 5.32 Å². The van der Waals surface area contributed by atoms with E-state index in [0.29, 0.717) is 0 Å². The van der Waals surface area contributed by atoms with E-state index in [9.17, 15) is 9.59 Å². The van der Waals surface area contributed by atoms with Gasteiger partial charge in [-0.1, -0.05) is 0 Å². The summed E-state index contributed by atoms with van der Waals surface area (Å²) in [5, 5.41) is 2.43. The fourth-order valence-corrected chi connectivity index (χ4v) is 0.664. The molecular formula is C6H10N2O2. The predicted octanol–water partition coefficient (Wildman–Crippen LogP) is -1.00. The average molecular weight is 142 g/mol. The average Bonchev–Trinajstić information content (AvgIpc) is 2.63. The first-order chi connectivity index (χ1) is 4.70. The van der Waals surface area contributed by atoms with E-state index in [4.69, 9.17) is 5.73 Å². The molecule has 0 heterocycles. The second-order valence-electron chi connectivity index (χ2n) is 2.46. The number of hydrogen-bond donors (Lipinski definition) is 2. The molecule has 4 heteroatoms. The molecule has 0 aliphatic heterocycles. The van der Waals surface area contributed by atoms with E-state index in [-0.39, 0.29) is 18.4 Å². The van der Waals surface area contributed by atoms with Crippen LogP contribution in [-0.2, 0) is 9.59 Å². The zero-order chi connectivity index (χ0) is 7.56. The van der Waals surface area contributed by atoms with Crippen molar-refractivity contribution in [2.75, 3.05) is 6.54 Å². The Hall–Kier alpha value is -1.06. The van der Waals surface area contributed by atoms with Gasteiger partial charge in [0.2, 0.25) is 11.8 Å². The van der Waals surface area contributed by atoms with Crippen LogP contribution in [0.5, 0.6) is 0 Å². The smallest absolute Gasteiger partial charge is 0.236 e. The Balaban J connectivity index is 2.12. The number of carbonyl (C=O) groups is 2. The van der Waals surface area contributed by atoms with Gasteiger partial charge in [0.1, 0.15) is 0 Å². The van der Waals surface area contributed by atoms with Gasteiger partial charge in [0.05, 0.1) is 6.54 Å². The third kappa shape index (κ3) is 2.05. The molecule has 0 bridgehead atoms. The number of primary amides is 1. The van der Waals surface area contributed by atoms with Gasteiger partial charge in [-0.3, -0.25) is 9.59 Å². The number of amides is 2. The maximum atomic E-state index is 10.8. The van der Waals surface area contributed by atoms with Crippen molar-refractivity contribution >= 4 is 11.8 Å². The minimum absolute atomic E-state index is 0.0324. The Kier molecular flexibility index (Phi) is 1.89. The Labute approximate surface area is 58.8 Å². The van der Waals surface area contributed by atoms with Crippen LogP contribution < -0.4 is 11.1 Å². The lowest BCUT2D eigenvalue weighted by Gasteiger charge is -1.98. The maximum absolute atomic E-state index is 10.8. The van der Waals surface area contributed by atoms with Crippen LogP contribution in [0.15, 0.2) is 0 Å². The standard InChI is InChI=1S/C6H10N2O2/c7-5(9)3-8-6(10)4-1-2-4/h4H,1-3H2,(H2,7,9)(H,8,10). The van der Waals surface area contributed by atoms with E-state index >= 15 is 0 Å². The van der Waals surface area contributed by atoms with Crippen molar-refractivity contribution in [3.05, 3.63) is 0 Å². The molecule has 0 aromatic rings. The molecule has 1 saturated carbocycles. The zero-order valence-corrected chi connectivity index (χ0v) is 5.59. The third-order valence-electron chi connectivity index (χ3n) is 1.38. The highest BCUT2D eigenvalue weighted by Crippen LogP contribution is 2.28. The monoisotopic (exact) mass is 142 g/mol. The highest BCUT2D eigenvalue weighted by atomic mass is 16.2. The van der Waals surface area contributed by atoms with Crippen LogP contribution in [0, 0.1) is 5.92 Å². The van der Waals surface area contributed by atoms with Crippen LogP contribution in [0.2, 0.25) is 0 Å². The van der Waals surface area contributed by atoms with Crippen LogP contribution in [-0.4, -0.2) is 18.4 Å². The van der Waals surface area contributed by atoms with Gasteiger partial charge in [-0.2, -0.15) is 0 Å². The minimum Gasteiger partial charge on any atom is -0.368 e. The summed E-state index contributed by atoms with van der Waals surface area (Å²) in [6.07, 6.45) is 1.90. The number of carbonyl (C=O) groups excluding carboxylic acids is 2. The molecule has 2 amide bonds. The van der Waals surface area contributed by atoms with Gasteiger partial charge in [0.15, 0.2) is 0 Å². The van der Waals surface area contributed by atoms with Gasteiger partial charge >= 0.3 is 0 Å². The lowest BCUT2D eigenvalue weighted by molar-refractivity contribution is -0.125. The van der Waals surface area contributed by atoms with Gasteiger partial charge in [-0.15, -0.1) is 0 Å². The highest BCUT2D eigenvalue weighted by molar-refractivity contribution is 5.86. The molecule has 56 valence electrons. The molecule has 0 radical (unpaired) electrons. The van der Waals surface area contributed by atoms with Crippen molar-refractivity contribution in [2.45, 2.75) is 12.8 Å². The molecule has 3 N–H and O–H groups in total. The van der Waals surface area contributed by atoms with Gasteiger partial charge in [0.25, 0.3) is 0 Å². The first kappa shape index (κ1) is 7.05. The van der Waals surface area contributed by atoms with Crippen LogP contribution >= 0.6 is 0 Å². The predicted molar refractivity (Wildman–Crippen MR) is 34.9 cm³/mol. The first-order valence-electron chi connectivity index (χ1n) is 3.26. The first-order valence-corrected chi connectivity index (χ1v) is 3.26. The molecule has 0 aromatic carbocycles. The van der Waals surface area contributed by atoms with Crippen LogP contribution in [0.4, 0.5) is 0 Å². The van der Waals surface area contributed by atoms with E-state index < -0.39 is 5.91 Å². The van der Waals surface area contributed by atoms with E-state index in [0.717, 1.165) is 12.8 Å². The summed E-state index contributed by atoms with van der Waals surface area (Å²) in [4.78, 5) is 20.9.